The second-order valence-corrected chi connectivity index (χ2v) is 8.12. The van der Waals surface area contributed by atoms with Crippen LogP contribution in [0, 0.1) is 11.3 Å². The van der Waals surface area contributed by atoms with Gasteiger partial charge in [-0.15, -0.1) is 11.3 Å². The highest BCUT2D eigenvalue weighted by atomic mass is 32.1. The van der Waals surface area contributed by atoms with E-state index in [0.29, 0.717) is 35.5 Å². The lowest BCUT2D eigenvalue weighted by molar-refractivity contribution is -0.475. The first-order chi connectivity index (χ1) is 13.9. The summed E-state index contributed by atoms with van der Waals surface area (Å²) in [4.78, 5) is 12.4. The first-order valence-corrected chi connectivity index (χ1v) is 9.19. The van der Waals surface area contributed by atoms with Gasteiger partial charge in [-0.2, -0.15) is 49.2 Å². The second-order valence-electron chi connectivity index (χ2n) is 7.01. The Morgan fingerprint density at radius 3 is 1.74 bits per heavy atom. The van der Waals surface area contributed by atoms with Crippen LogP contribution in [-0.2, 0) is 17.6 Å². The minimum absolute atomic E-state index is 0.222. The van der Waals surface area contributed by atoms with E-state index in [2.05, 4.69) is 0 Å². The van der Waals surface area contributed by atoms with Crippen LogP contribution in [0.25, 0.3) is 0 Å². The van der Waals surface area contributed by atoms with Crippen molar-refractivity contribution in [1.29, 1.82) is 5.26 Å². The molecule has 0 saturated heterocycles. The van der Waals surface area contributed by atoms with Gasteiger partial charge in [0.05, 0.1) is 5.56 Å². The zero-order chi connectivity index (χ0) is 23.8. The number of rotatable bonds is 2. The first-order valence-electron chi connectivity index (χ1n) is 8.37. The number of thiophene rings is 1. The van der Waals surface area contributed by atoms with E-state index < -0.39 is 51.8 Å². The molecule has 0 atom stereocenters. The molecule has 0 aliphatic heterocycles. The molecule has 1 fully saturated rings. The maximum Gasteiger partial charge on any atom is 0.384 e. The zero-order valence-corrected chi connectivity index (χ0v) is 15.6. The van der Waals surface area contributed by atoms with Crippen LogP contribution in [0.2, 0.25) is 0 Å². The van der Waals surface area contributed by atoms with Crippen molar-refractivity contribution in [3.63, 3.8) is 0 Å². The molecular formula is C16H9F11N2OS. The molecule has 0 aromatic carbocycles. The monoisotopic (exact) mass is 486 g/mol. The van der Waals surface area contributed by atoms with Gasteiger partial charge in [0.15, 0.2) is 0 Å². The smallest absolute Gasteiger partial charge is 0.313 e. The molecule has 1 N–H and O–H groups in total. The summed E-state index contributed by atoms with van der Waals surface area (Å²) in [5.41, 5.74) is -7.01. The number of halogens is 11. The fourth-order valence-corrected chi connectivity index (χ4v) is 4.70. The number of fused-ring (bicyclic) bond motifs is 1. The van der Waals surface area contributed by atoms with E-state index in [1.807, 2.05) is 0 Å². The maximum atomic E-state index is 14.8. The van der Waals surface area contributed by atoms with E-state index in [0.717, 1.165) is 5.32 Å². The van der Waals surface area contributed by atoms with Crippen molar-refractivity contribution >= 4 is 22.2 Å². The molecule has 0 spiro atoms. The van der Waals surface area contributed by atoms with Crippen molar-refractivity contribution in [2.45, 2.75) is 61.0 Å². The molecule has 31 heavy (non-hydrogen) atoms. The number of hydrogen-bond donors (Lipinski definition) is 1. The molecule has 1 aromatic heterocycles. The van der Waals surface area contributed by atoms with Gasteiger partial charge in [-0.1, -0.05) is 0 Å². The number of nitrogens with one attached hydrogen (secondary N) is 1. The minimum Gasteiger partial charge on any atom is -0.313 e. The summed E-state index contributed by atoms with van der Waals surface area (Å²) in [5.74, 6) is -40.1. The van der Waals surface area contributed by atoms with Gasteiger partial charge in [0.25, 0.3) is 5.91 Å². The van der Waals surface area contributed by atoms with Crippen LogP contribution in [0.3, 0.4) is 0 Å². The van der Waals surface area contributed by atoms with E-state index in [1.54, 1.807) is 0 Å². The zero-order valence-electron chi connectivity index (χ0n) is 14.7. The van der Waals surface area contributed by atoms with Crippen LogP contribution in [0.5, 0.6) is 0 Å². The van der Waals surface area contributed by atoms with Crippen molar-refractivity contribution in [2.75, 3.05) is 5.32 Å². The number of nitriles is 1. The van der Waals surface area contributed by atoms with Gasteiger partial charge in [0, 0.05) is 4.88 Å². The third kappa shape index (κ3) is 2.48. The van der Waals surface area contributed by atoms with Crippen molar-refractivity contribution in [1.82, 2.24) is 0 Å². The molecule has 0 unspecified atom stereocenters. The Balaban J connectivity index is 2.15. The Morgan fingerprint density at radius 2 is 1.26 bits per heavy atom. The van der Waals surface area contributed by atoms with E-state index >= 15 is 0 Å². The topological polar surface area (TPSA) is 52.9 Å². The Kier molecular flexibility index (Phi) is 4.90. The predicted octanol–water partition coefficient (Wildman–Crippen LogP) is 5.34. The standard InChI is InChI=1S/C16H9F11N2OS/c17-11(10(30)29-9-7(5-28)6-3-1-2-4-8(6)31-9)12(18,19)14(22,23)16(26,27)15(24,25)13(11,20)21/h1-4H2,(H,29,30). The number of anilines is 1. The SMILES string of the molecule is N#Cc1c(NC(=O)C2(F)C(F)(F)C(F)(F)C(F)(F)C(F)(F)C2(F)F)sc2c1CCCC2. The highest BCUT2D eigenvalue weighted by molar-refractivity contribution is 7.16. The number of nitrogens with zero attached hydrogens (tertiary/aromatic N) is 1. The van der Waals surface area contributed by atoms with E-state index in [9.17, 15) is 53.1 Å². The molecule has 3 nitrogen and oxygen atoms in total. The van der Waals surface area contributed by atoms with E-state index in [-0.39, 0.29) is 12.0 Å². The minimum atomic E-state index is -7.40. The molecule has 1 saturated carbocycles. The summed E-state index contributed by atoms with van der Waals surface area (Å²) in [6.07, 6.45) is 1.62. The van der Waals surface area contributed by atoms with Gasteiger partial charge in [0.2, 0.25) is 0 Å². The Bertz CT molecular complexity index is 949. The van der Waals surface area contributed by atoms with Crippen LogP contribution in [0.15, 0.2) is 0 Å². The lowest BCUT2D eigenvalue weighted by Gasteiger charge is -2.51. The average molecular weight is 486 g/mol. The van der Waals surface area contributed by atoms with Gasteiger partial charge in [-0.05, 0) is 31.2 Å². The molecule has 2 aliphatic carbocycles. The molecule has 0 radical (unpaired) electrons. The quantitative estimate of drug-likeness (QED) is 0.575. The van der Waals surface area contributed by atoms with Crippen LogP contribution in [0.1, 0.15) is 28.8 Å². The highest BCUT2D eigenvalue weighted by Gasteiger charge is 3.02. The number of amides is 1. The van der Waals surface area contributed by atoms with E-state index in [4.69, 9.17) is 5.26 Å². The van der Waals surface area contributed by atoms with Crippen LogP contribution in [0.4, 0.5) is 53.3 Å². The molecular weight excluding hydrogens is 477 g/mol. The molecule has 0 bridgehead atoms. The largest absolute Gasteiger partial charge is 0.384 e. The van der Waals surface area contributed by atoms with Crippen molar-refractivity contribution in [2.24, 2.45) is 0 Å². The highest BCUT2D eigenvalue weighted by Crippen LogP contribution is 2.69. The Morgan fingerprint density at radius 1 is 0.806 bits per heavy atom. The maximum absolute atomic E-state index is 14.8. The summed E-state index contributed by atoms with van der Waals surface area (Å²) >= 11 is 0.443. The molecule has 3 rings (SSSR count). The normalized spacial score (nSPS) is 26.4. The van der Waals surface area contributed by atoms with Gasteiger partial charge in [0.1, 0.15) is 11.1 Å². The van der Waals surface area contributed by atoms with Crippen LogP contribution >= 0.6 is 11.3 Å². The van der Waals surface area contributed by atoms with Crippen molar-refractivity contribution in [3.05, 3.63) is 16.0 Å². The molecule has 1 aromatic rings. The molecule has 1 amide bonds. The average Bonchev–Trinajstić information content (AvgIpc) is 3.02. The summed E-state index contributed by atoms with van der Waals surface area (Å²) in [6.45, 7) is 0. The number of alkyl halides is 11. The lowest BCUT2D eigenvalue weighted by Crippen LogP contribution is -2.86. The van der Waals surface area contributed by atoms with Crippen LogP contribution in [-0.4, -0.2) is 41.2 Å². The van der Waals surface area contributed by atoms with Crippen molar-refractivity contribution in [3.8, 4) is 6.07 Å². The van der Waals surface area contributed by atoms with Crippen molar-refractivity contribution < 1.29 is 53.1 Å². The van der Waals surface area contributed by atoms with E-state index in [1.165, 1.54) is 6.07 Å². The summed E-state index contributed by atoms with van der Waals surface area (Å²) in [5, 5.41) is 9.39. The summed E-state index contributed by atoms with van der Waals surface area (Å²) < 4.78 is 151. The first kappa shape index (κ1) is 23.6. The van der Waals surface area contributed by atoms with Gasteiger partial charge >= 0.3 is 35.3 Å². The lowest BCUT2D eigenvalue weighted by atomic mass is 9.71. The number of carbonyl (C=O) groups excluding carboxylic acids is 1. The number of carbonyl (C=O) groups is 1. The van der Waals surface area contributed by atoms with Gasteiger partial charge in [-0.25, -0.2) is 4.39 Å². The second kappa shape index (κ2) is 6.46. The molecule has 2 aliphatic rings. The number of aryl methyl sites for hydroxylation is 1. The van der Waals surface area contributed by atoms with Gasteiger partial charge < -0.3 is 5.32 Å². The Hall–Kier alpha value is -2.11. The third-order valence-electron chi connectivity index (χ3n) is 5.27. The molecule has 172 valence electrons. The Labute approximate surface area is 169 Å². The van der Waals surface area contributed by atoms with Crippen LogP contribution < -0.4 is 5.32 Å². The summed E-state index contributed by atoms with van der Waals surface area (Å²) in [6, 6.07) is 1.49. The fraction of sp³-hybridized carbons (Fsp3) is 0.625. The number of hydrogen-bond acceptors (Lipinski definition) is 3. The fourth-order valence-electron chi connectivity index (χ4n) is 3.47. The molecule has 15 heteroatoms. The van der Waals surface area contributed by atoms with Gasteiger partial charge in [-0.3, -0.25) is 4.79 Å². The molecule has 1 heterocycles. The summed E-state index contributed by atoms with van der Waals surface area (Å²) in [7, 11) is 0. The predicted molar refractivity (Wildman–Crippen MR) is 82.9 cm³/mol. The third-order valence-corrected chi connectivity index (χ3v) is 6.47.